The maximum Gasteiger partial charge on any atom is 0.321 e. The van der Waals surface area contributed by atoms with E-state index in [1.165, 1.54) is 0 Å². The molecule has 0 aliphatic heterocycles. The number of aliphatic carboxylic acids is 1. The van der Waals surface area contributed by atoms with Crippen molar-refractivity contribution < 1.29 is 19.5 Å². The van der Waals surface area contributed by atoms with Gasteiger partial charge in [-0.05, 0) is 18.8 Å². The van der Waals surface area contributed by atoms with Gasteiger partial charge in [0.1, 0.15) is 0 Å². The van der Waals surface area contributed by atoms with Crippen LogP contribution in [0.5, 0.6) is 0 Å². The van der Waals surface area contributed by atoms with E-state index in [-0.39, 0.29) is 24.8 Å². The van der Waals surface area contributed by atoms with E-state index in [0.29, 0.717) is 5.92 Å². The lowest BCUT2D eigenvalue weighted by Gasteiger charge is -2.22. The van der Waals surface area contributed by atoms with E-state index in [1.807, 2.05) is 6.92 Å². The van der Waals surface area contributed by atoms with Gasteiger partial charge in [-0.15, -0.1) is 0 Å². The average Bonchev–Trinajstić information content (AvgIpc) is 2.28. The van der Waals surface area contributed by atoms with Crippen molar-refractivity contribution in [1.82, 2.24) is 10.6 Å². The summed E-state index contributed by atoms with van der Waals surface area (Å²) < 4.78 is 0. The molecule has 0 aliphatic carbocycles. The van der Waals surface area contributed by atoms with Gasteiger partial charge < -0.3 is 10.4 Å². The number of urea groups is 1. The highest BCUT2D eigenvalue weighted by Crippen LogP contribution is 2.12. The van der Waals surface area contributed by atoms with Crippen LogP contribution in [0.2, 0.25) is 0 Å². The van der Waals surface area contributed by atoms with Crippen LogP contribution < -0.4 is 10.6 Å². The standard InChI is InChI=1S/C14H26N2O4/c1-5-11(6-2)10(4)15-14(20)16-12(17)7-9(3)8-13(18)19/h9-11H,5-8H2,1-4H3,(H,18,19)(H2,15,16,17,20). The van der Waals surface area contributed by atoms with Crippen molar-refractivity contribution in [3.63, 3.8) is 0 Å². The molecule has 2 atom stereocenters. The lowest BCUT2D eigenvalue weighted by atomic mass is 9.96. The van der Waals surface area contributed by atoms with Crippen molar-refractivity contribution in [2.45, 2.75) is 59.4 Å². The van der Waals surface area contributed by atoms with Crippen LogP contribution in [0.1, 0.15) is 53.4 Å². The van der Waals surface area contributed by atoms with E-state index in [1.54, 1.807) is 6.92 Å². The Morgan fingerprint density at radius 3 is 2.05 bits per heavy atom. The number of hydrogen-bond donors (Lipinski definition) is 3. The molecular weight excluding hydrogens is 260 g/mol. The molecule has 0 radical (unpaired) electrons. The number of carboxylic acid groups (broad SMARTS) is 1. The normalized spacial score (nSPS) is 13.7. The Hall–Kier alpha value is -1.59. The van der Waals surface area contributed by atoms with Gasteiger partial charge in [0.25, 0.3) is 0 Å². The van der Waals surface area contributed by atoms with Crippen LogP contribution in [0.15, 0.2) is 0 Å². The number of nitrogens with one attached hydrogen (secondary N) is 2. The van der Waals surface area contributed by atoms with Crippen LogP contribution in [0.3, 0.4) is 0 Å². The third kappa shape index (κ3) is 7.76. The number of hydrogen-bond acceptors (Lipinski definition) is 3. The molecular formula is C14H26N2O4. The third-order valence-electron chi connectivity index (χ3n) is 3.42. The average molecular weight is 286 g/mol. The highest BCUT2D eigenvalue weighted by atomic mass is 16.4. The van der Waals surface area contributed by atoms with Gasteiger partial charge >= 0.3 is 12.0 Å². The molecule has 0 saturated heterocycles. The summed E-state index contributed by atoms with van der Waals surface area (Å²) in [7, 11) is 0. The molecule has 0 aliphatic rings. The Bertz CT molecular complexity index is 340. The van der Waals surface area contributed by atoms with E-state index < -0.39 is 17.9 Å². The number of carbonyl (C=O) groups excluding carboxylic acids is 2. The fraction of sp³-hybridized carbons (Fsp3) is 0.786. The van der Waals surface area contributed by atoms with Crippen molar-refractivity contribution >= 4 is 17.9 Å². The molecule has 20 heavy (non-hydrogen) atoms. The Balaban J connectivity index is 4.13. The highest BCUT2D eigenvalue weighted by molar-refractivity contribution is 5.94. The van der Waals surface area contributed by atoms with Crippen LogP contribution >= 0.6 is 0 Å². The number of carboxylic acids is 1. The van der Waals surface area contributed by atoms with Crippen molar-refractivity contribution in [3.05, 3.63) is 0 Å². The number of amides is 3. The predicted molar refractivity (Wildman–Crippen MR) is 76.2 cm³/mol. The summed E-state index contributed by atoms with van der Waals surface area (Å²) in [5, 5.41) is 13.6. The lowest BCUT2D eigenvalue weighted by molar-refractivity contribution is -0.138. The molecule has 0 spiro atoms. The molecule has 0 saturated carbocycles. The van der Waals surface area contributed by atoms with Gasteiger partial charge in [0.2, 0.25) is 5.91 Å². The second-order valence-corrected chi connectivity index (χ2v) is 5.29. The summed E-state index contributed by atoms with van der Waals surface area (Å²) in [6, 6.07) is -0.522. The van der Waals surface area contributed by atoms with Gasteiger partial charge in [-0.3, -0.25) is 14.9 Å². The number of carbonyl (C=O) groups is 3. The molecule has 6 nitrogen and oxygen atoms in total. The monoisotopic (exact) mass is 286 g/mol. The molecule has 0 fully saturated rings. The molecule has 0 rings (SSSR count). The van der Waals surface area contributed by atoms with Gasteiger partial charge in [0.15, 0.2) is 0 Å². The first-order valence-electron chi connectivity index (χ1n) is 7.12. The molecule has 0 heterocycles. The first-order chi connectivity index (χ1) is 9.29. The number of imide groups is 1. The minimum atomic E-state index is -0.947. The third-order valence-corrected chi connectivity index (χ3v) is 3.42. The Labute approximate surface area is 120 Å². The second-order valence-electron chi connectivity index (χ2n) is 5.29. The van der Waals surface area contributed by atoms with Crippen molar-refractivity contribution in [3.8, 4) is 0 Å². The Kier molecular flexibility index (Phi) is 8.59. The molecule has 3 N–H and O–H groups in total. The molecule has 2 unspecified atom stereocenters. The SMILES string of the molecule is CCC(CC)C(C)NC(=O)NC(=O)CC(C)CC(=O)O. The quantitative estimate of drug-likeness (QED) is 0.637. The molecule has 0 aromatic heterocycles. The van der Waals surface area contributed by atoms with Gasteiger partial charge in [0, 0.05) is 18.9 Å². The van der Waals surface area contributed by atoms with E-state index >= 15 is 0 Å². The molecule has 0 aromatic carbocycles. The zero-order valence-corrected chi connectivity index (χ0v) is 12.7. The first-order valence-corrected chi connectivity index (χ1v) is 7.12. The fourth-order valence-electron chi connectivity index (χ4n) is 2.22. The van der Waals surface area contributed by atoms with Gasteiger partial charge in [-0.1, -0.05) is 33.6 Å². The minimum Gasteiger partial charge on any atom is -0.481 e. The molecule has 0 aromatic rings. The van der Waals surface area contributed by atoms with Crippen LogP contribution in [0, 0.1) is 11.8 Å². The lowest BCUT2D eigenvalue weighted by Crippen LogP contribution is -2.46. The summed E-state index contributed by atoms with van der Waals surface area (Å²) in [6.45, 7) is 7.69. The van der Waals surface area contributed by atoms with Crippen LogP contribution in [0.4, 0.5) is 4.79 Å². The van der Waals surface area contributed by atoms with Gasteiger partial charge in [-0.25, -0.2) is 4.79 Å². The van der Waals surface area contributed by atoms with Crippen LogP contribution in [-0.2, 0) is 9.59 Å². The van der Waals surface area contributed by atoms with Gasteiger partial charge in [-0.2, -0.15) is 0 Å². The Morgan fingerprint density at radius 2 is 1.60 bits per heavy atom. The molecule has 116 valence electrons. The summed E-state index contributed by atoms with van der Waals surface area (Å²) in [4.78, 5) is 33.7. The van der Waals surface area contributed by atoms with E-state index in [2.05, 4.69) is 24.5 Å². The van der Waals surface area contributed by atoms with E-state index in [0.717, 1.165) is 12.8 Å². The summed E-state index contributed by atoms with van der Waals surface area (Å²) in [6.07, 6.45) is 1.86. The predicted octanol–water partition coefficient (Wildman–Crippen LogP) is 2.14. The van der Waals surface area contributed by atoms with Crippen molar-refractivity contribution in [1.29, 1.82) is 0 Å². The second kappa shape index (κ2) is 9.34. The topological polar surface area (TPSA) is 95.5 Å². The van der Waals surface area contributed by atoms with Crippen molar-refractivity contribution in [2.24, 2.45) is 11.8 Å². The molecule has 6 heteroatoms. The molecule has 0 bridgehead atoms. The molecule has 3 amide bonds. The minimum absolute atomic E-state index is 0.00533. The maximum absolute atomic E-state index is 11.6. The first kappa shape index (κ1) is 18.4. The van der Waals surface area contributed by atoms with Crippen molar-refractivity contribution in [2.75, 3.05) is 0 Å². The van der Waals surface area contributed by atoms with Crippen LogP contribution in [-0.4, -0.2) is 29.1 Å². The smallest absolute Gasteiger partial charge is 0.321 e. The zero-order chi connectivity index (χ0) is 15.7. The van der Waals surface area contributed by atoms with E-state index in [4.69, 9.17) is 5.11 Å². The van der Waals surface area contributed by atoms with Crippen LogP contribution in [0.25, 0.3) is 0 Å². The van der Waals surface area contributed by atoms with E-state index in [9.17, 15) is 14.4 Å². The maximum atomic E-state index is 11.6. The largest absolute Gasteiger partial charge is 0.481 e. The number of rotatable bonds is 8. The summed E-state index contributed by atoms with van der Waals surface area (Å²) in [5.74, 6) is -1.32. The zero-order valence-electron chi connectivity index (χ0n) is 12.7. The Morgan fingerprint density at radius 1 is 1.05 bits per heavy atom. The highest BCUT2D eigenvalue weighted by Gasteiger charge is 2.18. The fourth-order valence-corrected chi connectivity index (χ4v) is 2.22. The van der Waals surface area contributed by atoms with Gasteiger partial charge in [0.05, 0.1) is 0 Å². The summed E-state index contributed by atoms with van der Waals surface area (Å²) >= 11 is 0. The summed E-state index contributed by atoms with van der Waals surface area (Å²) in [5.41, 5.74) is 0.